The summed E-state index contributed by atoms with van der Waals surface area (Å²) in [7, 11) is -0.701. The molecule has 0 aliphatic carbocycles. The van der Waals surface area contributed by atoms with Gasteiger partial charge >= 0.3 is 8.67 Å². The molecule has 0 aliphatic heterocycles. The number of halogens is 3. The van der Waals surface area contributed by atoms with Gasteiger partial charge in [-0.3, -0.25) is 0 Å². The fraction of sp³-hybridized carbons (Fsp3) is 1.00. The standard InChI is InChI=1S/C4H10O.Al.3BrH/c1-3-5-4-2;;;;/h3-4H2,1-2H3;;3*1H/q;+3;;;/p-3. The zero-order valence-electron chi connectivity index (χ0n) is 5.53. The van der Waals surface area contributed by atoms with Crippen molar-refractivity contribution in [2.75, 3.05) is 13.2 Å². The lowest BCUT2D eigenvalue weighted by Gasteiger charge is -1.86. The highest BCUT2D eigenvalue weighted by Gasteiger charge is 1.95. The third-order valence-corrected chi connectivity index (χ3v) is 0.408. The first-order valence-electron chi connectivity index (χ1n) is 2.65. The smallest absolute Gasteiger partial charge is 0.382 e. The fourth-order valence-corrected chi connectivity index (χ4v) is 0.204. The highest BCUT2D eigenvalue weighted by molar-refractivity contribution is 9.69. The molecule has 0 saturated heterocycles. The molecular formula is C4H10AlBr3O. The topological polar surface area (TPSA) is 9.23 Å². The summed E-state index contributed by atoms with van der Waals surface area (Å²) >= 11 is 9.73. The Morgan fingerprint density at radius 2 is 1.33 bits per heavy atom. The highest BCUT2D eigenvalue weighted by atomic mass is 80.0. The van der Waals surface area contributed by atoms with Gasteiger partial charge in [-0.15, -0.1) is 0 Å². The second kappa shape index (κ2) is 12.6. The Morgan fingerprint density at radius 1 is 1.11 bits per heavy atom. The summed E-state index contributed by atoms with van der Waals surface area (Å²) < 4.78 is 4.83. The van der Waals surface area contributed by atoms with Crippen molar-refractivity contribution >= 4 is 50.8 Å². The van der Waals surface area contributed by atoms with E-state index in [1.807, 2.05) is 13.8 Å². The molecule has 0 fully saturated rings. The van der Waals surface area contributed by atoms with Crippen LogP contribution in [0.5, 0.6) is 0 Å². The second-order valence-electron chi connectivity index (χ2n) is 1.03. The Bertz CT molecular complexity index is 40.0. The Labute approximate surface area is 81.9 Å². The molecule has 9 heavy (non-hydrogen) atoms. The van der Waals surface area contributed by atoms with Crippen molar-refractivity contribution in [2.24, 2.45) is 0 Å². The van der Waals surface area contributed by atoms with Gasteiger partial charge in [-0.25, -0.2) is 0 Å². The lowest BCUT2D eigenvalue weighted by molar-refractivity contribution is 0.162. The van der Waals surface area contributed by atoms with Crippen LogP contribution in [0.15, 0.2) is 0 Å². The maximum Gasteiger partial charge on any atom is 0.542 e. The van der Waals surface area contributed by atoms with Crippen molar-refractivity contribution in [2.45, 2.75) is 13.8 Å². The zero-order valence-corrected chi connectivity index (χ0v) is 11.4. The Morgan fingerprint density at radius 3 is 1.33 bits per heavy atom. The average Bonchev–Trinajstić information content (AvgIpc) is 1.66. The van der Waals surface area contributed by atoms with Crippen molar-refractivity contribution in [1.29, 1.82) is 0 Å². The van der Waals surface area contributed by atoms with Crippen LogP contribution in [0.3, 0.4) is 0 Å². The van der Waals surface area contributed by atoms with Gasteiger partial charge in [0.15, 0.2) is 0 Å². The molecule has 0 unspecified atom stereocenters. The van der Waals surface area contributed by atoms with Gasteiger partial charge in [-0.1, -0.05) is 0 Å². The summed E-state index contributed by atoms with van der Waals surface area (Å²) in [5, 5.41) is 0. The van der Waals surface area contributed by atoms with E-state index in [1.54, 1.807) is 0 Å². The number of ether oxygens (including phenoxy) is 1. The molecule has 0 aromatic carbocycles. The molecule has 0 aliphatic rings. The summed E-state index contributed by atoms with van der Waals surface area (Å²) in [6, 6.07) is 0. The molecule has 5 heteroatoms. The third kappa shape index (κ3) is 40.4. The summed E-state index contributed by atoms with van der Waals surface area (Å²) in [6.07, 6.45) is 0. The zero-order chi connectivity index (χ0) is 7.70. The molecule has 0 saturated carbocycles. The highest BCUT2D eigenvalue weighted by Crippen LogP contribution is 2.07. The van der Waals surface area contributed by atoms with E-state index in [0.717, 1.165) is 13.2 Å². The first kappa shape index (κ1) is 13.5. The van der Waals surface area contributed by atoms with E-state index in [2.05, 4.69) is 42.2 Å². The Balaban J connectivity index is 0. The normalized spacial score (nSPS) is 7.67. The average molecular weight is 341 g/mol. The van der Waals surface area contributed by atoms with E-state index in [4.69, 9.17) is 4.74 Å². The van der Waals surface area contributed by atoms with Crippen molar-refractivity contribution in [3.05, 3.63) is 0 Å². The first-order valence-corrected chi connectivity index (χ1v) is 12.2. The maximum absolute atomic E-state index is 4.83. The van der Waals surface area contributed by atoms with Crippen LogP contribution in [0.1, 0.15) is 13.8 Å². The molecule has 56 valence electrons. The summed E-state index contributed by atoms with van der Waals surface area (Å²) in [5.74, 6) is 0. The minimum atomic E-state index is -0.701. The minimum Gasteiger partial charge on any atom is -0.382 e. The molecule has 0 heterocycles. The number of hydrogen-bond donors (Lipinski definition) is 0. The molecule has 0 aromatic rings. The Kier molecular flexibility index (Phi) is 18.9. The van der Waals surface area contributed by atoms with Crippen LogP contribution < -0.4 is 0 Å². The number of rotatable bonds is 2. The minimum absolute atomic E-state index is 0.701. The van der Waals surface area contributed by atoms with Crippen LogP contribution in [-0.4, -0.2) is 21.9 Å². The van der Waals surface area contributed by atoms with Crippen molar-refractivity contribution < 1.29 is 4.74 Å². The predicted octanol–water partition coefficient (Wildman–Crippen LogP) is 3.20. The van der Waals surface area contributed by atoms with E-state index >= 15 is 0 Å². The van der Waals surface area contributed by atoms with Crippen LogP contribution >= 0.6 is 42.2 Å². The maximum atomic E-state index is 4.83. The van der Waals surface area contributed by atoms with Crippen LogP contribution in [0.4, 0.5) is 0 Å². The Hall–Kier alpha value is 1.93. The number of hydrogen-bond acceptors (Lipinski definition) is 1. The SMILES string of the molecule is CCOCC.[Br][Al]([Br])[Br]. The first-order chi connectivity index (χ1) is 4.15. The molecule has 1 nitrogen and oxygen atoms in total. The van der Waals surface area contributed by atoms with Gasteiger partial charge in [0.1, 0.15) is 0 Å². The molecule has 0 rings (SSSR count). The van der Waals surface area contributed by atoms with E-state index in [0.29, 0.717) is 0 Å². The fourth-order valence-electron chi connectivity index (χ4n) is 0.204. The third-order valence-electron chi connectivity index (χ3n) is 0.408. The van der Waals surface area contributed by atoms with Crippen molar-refractivity contribution in [1.82, 2.24) is 0 Å². The van der Waals surface area contributed by atoms with E-state index in [-0.39, 0.29) is 0 Å². The predicted molar refractivity (Wildman–Crippen MR) is 54.7 cm³/mol. The molecule has 0 amide bonds. The summed E-state index contributed by atoms with van der Waals surface area (Å²) in [6.45, 7) is 5.67. The molecular weight excluding hydrogens is 331 g/mol. The molecule has 0 aromatic heterocycles. The van der Waals surface area contributed by atoms with E-state index in [9.17, 15) is 0 Å². The van der Waals surface area contributed by atoms with E-state index in [1.165, 1.54) is 0 Å². The van der Waals surface area contributed by atoms with Crippen molar-refractivity contribution in [3.8, 4) is 0 Å². The lowest BCUT2D eigenvalue weighted by Crippen LogP contribution is -1.84. The van der Waals surface area contributed by atoms with Gasteiger partial charge in [0.05, 0.1) is 0 Å². The van der Waals surface area contributed by atoms with Crippen LogP contribution in [0, 0.1) is 0 Å². The molecule has 0 spiro atoms. The molecule has 0 bridgehead atoms. The van der Waals surface area contributed by atoms with Crippen LogP contribution in [-0.2, 0) is 4.74 Å². The molecule has 0 atom stereocenters. The quantitative estimate of drug-likeness (QED) is 0.701. The van der Waals surface area contributed by atoms with Gasteiger partial charge in [-0.05, 0) is 13.8 Å². The van der Waals surface area contributed by atoms with Crippen LogP contribution in [0.2, 0.25) is 0 Å². The summed E-state index contributed by atoms with van der Waals surface area (Å²) in [5.41, 5.74) is 0. The van der Waals surface area contributed by atoms with Gasteiger partial charge in [0.25, 0.3) is 0 Å². The lowest BCUT2D eigenvalue weighted by atomic mass is 10.8. The monoisotopic (exact) mass is 338 g/mol. The van der Waals surface area contributed by atoms with Gasteiger partial charge < -0.3 is 4.74 Å². The van der Waals surface area contributed by atoms with Gasteiger partial charge in [0.2, 0.25) is 0 Å². The second-order valence-corrected chi connectivity index (χ2v) is 20.8. The molecule has 0 N–H and O–H groups in total. The van der Waals surface area contributed by atoms with E-state index < -0.39 is 8.67 Å². The van der Waals surface area contributed by atoms with Gasteiger partial charge in [0, 0.05) is 13.2 Å². The van der Waals surface area contributed by atoms with Gasteiger partial charge in [-0.2, -0.15) is 42.2 Å². The van der Waals surface area contributed by atoms with Crippen LogP contribution in [0.25, 0.3) is 0 Å². The summed E-state index contributed by atoms with van der Waals surface area (Å²) in [4.78, 5) is 0. The van der Waals surface area contributed by atoms with Crippen molar-refractivity contribution in [3.63, 3.8) is 0 Å². The molecule has 0 radical (unpaired) electrons. The largest absolute Gasteiger partial charge is 0.542 e.